The number of rotatable bonds is 4. The average Bonchev–Trinajstić information content (AvgIpc) is 3.43. The fraction of sp³-hybridized carbons (Fsp3) is 0.200. The molecule has 2 aliphatic rings. The van der Waals surface area contributed by atoms with Gasteiger partial charge >= 0.3 is 0 Å². The maximum atomic E-state index is 6.28. The van der Waals surface area contributed by atoms with Gasteiger partial charge < -0.3 is 5.73 Å². The molecule has 1 unspecified atom stereocenters. The highest BCUT2D eigenvalue weighted by Crippen LogP contribution is 2.54. The number of benzene rings is 4. The van der Waals surface area contributed by atoms with Gasteiger partial charge in [0.25, 0.3) is 0 Å². The number of aryl methyl sites for hydroxylation is 2. The third kappa shape index (κ3) is 2.99. The van der Waals surface area contributed by atoms with Crippen LogP contribution in [0.4, 0.5) is 0 Å². The molecule has 0 heterocycles. The van der Waals surface area contributed by atoms with Crippen molar-refractivity contribution in [1.82, 2.24) is 0 Å². The van der Waals surface area contributed by atoms with Crippen LogP contribution >= 0.6 is 7.92 Å². The molecule has 0 saturated heterocycles. The normalized spacial score (nSPS) is 18.8. The lowest BCUT2D eigenvalue weighted by Crippen LogP contribution is -2.32. The third-order valence-corrected chi connectivity index (χ3v) is 9.94. The minimum absolute atomic E-state index is 0.112. The highest BCUT2D eigenvalue weighted by molar-refractivity contribution is 7.79. The largest absolute Gasteiger partial charge is 0.326 e. The molecule has 6 rings (SSSR count). The summed E-state index contributed by atoms with van der Waals surface area (Å²) in [5.41, 5.74) is 13.9. The summed E-state index contributed by atoms with van der Waals surface area (Å²) in [5.74, 6) is 0. The van der Waals surface area contributed by atoms with Crippen molar-refractivity contribution in [1.29, 1.82) is 0 Å². The van der Waals surface area contributed by atoms with Crippen LogP contribution in [0.25, 0.3) is 0 Å². The first-order chi connectivity index (χ1) is 15.8. The molecule has 1 nitrogen and oxygen atoms in total. The first-order valence-corrected chi connectivity index (χ1v) is 13.0. The van der Waals surface area contributed by atoms with Crippen LogP contribution in [-0.4, -0.2) is 0 Å². The van der Waals surface area contributed by atoms with E-state index >= 15 is 0 Å². The van der Waals surface area contributed by atoms with Gasteiger partial charge in [-0.25, -0.2) is 0 Å². The van der Waals surface area contributed by atoms with Crippen LogP contribution in [0.15, 0.2) is 97.1 Å². The summed E-state index contributed by atoms with van der Waals surface area (Å²) in [6, 6.07) is 36.1. The van der Waals surface area contributed by atoms with E-state index < -0.39 is 7.92 Å². The minimum Gasteiger partial charge on any atom is -0.326 e. The molecular weight excluding hydrogens is 405 g/mol. The first-order valence-electron chi connectivity index (χ1n) is 11.7. The summed E-state index contributed by atoms with van der Waals surface area (Å²) in [7, 11) is -0.625. The predicted molar refractivity (Wildman–Crippen MR) is 137 cm³/mol. The highest BCUT2D eigenvalue weighted by Gasteiger charge is 2.47. The van der Waals surface area contributed by atoms with Gasteiger partial charge in [0.1, 0.15) is 0 Å². The number of hydrogen-bond donors (Lipinski definition) is 1. The van der Waals surface area contributed by atoms with Crippen molar-refractivity contribution >= 4 is 23.8 Å². The van der Waals surface area contributed by atoms with Crippen LogP contribution in [0.1, 0.15) is 40.7 Å². The molecule has 0 bridgehead atoms. The lowest BCUT2D eigenvalue weighted by molar-refractivity contribution is 0.506. The van der Waals surface area contributed by atoms with Gasteiger partial charge in [-0.15, -0.1) is 0 Å². The Balaban J connectivity index is 1.62. The molecule has 0 saturated carbocycles. The molecule has 0 fully saturated rings. The van der Waals surface area contributed by atoms with E-state index in [1.807, 2.05) is 0 Å². The van der Waals surface area contributed by atoms with Crippen LogP contribution in [0.2, 0.25) is 0 Å². The molecule has 2 N–H and O–H groups in total. The monoisotopic (exact) mass is 433 g/mol. The second-order valence-electron chi connectivity index (χ2n) is 9.06. The topological polar surface area (TPSA) is 26.0 Å². The van der Waals surface area contributed by atoms with Gasteiger partial charge in [-0.2, -0.15) is 0 Å². The van der Waals surface area contributed by atoms with E-state index in [9.17, 15) is 0 Å². The van der Waals surface area contributed by atoms with Crippen LogP contribution in [0.5, 0.6) is 0 Å². The van der Waals surface area contributed by atoms with Crippen LogP contribution in [0, 0.1) is 0 Å². The molecule has 4 aromatic rings. The van der Waals surface area contributed by atoms with Crippen molar-refractivity contribution in [3.05, 3.63) is 125 Å². The van der Waals surface area contributed by atoms with E-state index in [0.717, 1.165) is 12.8 Å². The SMILES string of the molecule is NCc1cccc2c1C1(CC2)CCc2cccc(P(c3ccccc3)c3ccccc3)c21. The standard InChI is InChI=1S/C30H28NP/c31-21-24-11-7-9-22-17-19-30(28(22)24)20-18-23-10-8-16-27(29(23)30)32(25-12-3-1-4-13-25)26-14-5-2-6-15-26/h1-16H,17-21,31H2. The molecular formula is C30H28NP. The molecule has 0 radical (unpaired) electrons. The number of fused-ring (bicyclic) bond motifs is 4. The molecule has 32 heavy (non-hydrogen) atoms. The Morgan fingerprint density at radius 2 is 1.19 bits per heavy atom. The van der Waals surface area contributed by atoms with Crippen LogP contribution < -0.4 is 21.6 Å². The van der Waals surface area contributed by atoms with E-state index in [0.29, 0.717) is 6.54 Å². The number of nitrogens with two attached hydrogens (primary N) is 1. The molecule has 2 heteroatoms. The lowest BCUT2D eigenvalue weighted by Gasteiger charge is -2.33. The summed E-state index contributed by atoms with van der Waals surface area (Å²) in [6.45, 7) is 0.620. The smallest absolute Gasteiger partial charge is 0.0224 e. The van der Waals surface area contributed by atoms with Gasteiger partial charge in [-0.05, 0) is 77.3 Å². The second kappa shape index (κ2) is 8.00. The maximum Gasteiger partial charge on any atom is 0.0224 e. The van der Waals surface area contributed by atoms with Crippen molar-refractivity contribution in [2.24, 2.45) is 5.73 Å². The van der Waals surface area contributed by atoms with Crippen molar-refractivity contribution in [3.8, 4) is 0 Å². The van der Waals surface area contributed by atoms with Gasteiger partial charge in [0.2, 0.25) is 0 Å². The molecule has 0 amide bonds. The molecule has 1 atom stereocenters. The fourth-order valence-electron chi connectivity index (χ4n) is 6.21. The quantitative estimate of drug-likeness (QED) is 0.446. The van der Waals surface area contributed by atoms with E-state index in [1.165, 1.54) is 39.9 Å². The van der Waals surface area contributed by atoms with Crippen molar-refractivity contribution in [2.75, 3.05) is 0 Å². The van der Waals surface area contributed by atoms with Gasteiger partial charge in [0, 0.05) is 12.0 Å². The minimum atomic E-state index is -0.625. The zero-order chi connectivity index (χ0) is 21.5. The van der Waals surface area contributed by atoms with Gasteiger partial charge in [0.05, 0.1) is 0 Å². The Morgan fingerprint density at radius 3 is 1.78 bits per heavy atom. The van der Waals surface area contributed by atoms with Crippen molar-refractivity contribution in [2.45, 2.75) is 37.6 Å². The average molecular weight is 434 g/mol. The predicted octanol–water partition coefficient (Wildman–Crippen LogP) is 5.08. The van der Waals surface area contributed by atoms with Crippen LogP contribution in [-0.2, 0) is 24.8 Å². The lowest BCUT2D eigenvalue weighted by atomic mass is 9.75. The van der Waals surface area contributed by atoms with Gasteiger partial charge in [-0.3, -0.25) is 0 Å². The van der Waals surface area contributed by atoms with E-state index in [2.05, 4.69) is 97.1 Å². The van der Waals surface area contributed by atoms with Crippen molar-refractivity contribution < 1.29 is 0 Å². The Kier molecular flexibility index (Phi) is 4.98. The summed E-state index contributed by atoms with van der Waals surface area (Å²) >= 11 is 0. The first kappa shape index (κ1) is 19.9. The molecule has 2 aliphatic carbocycles. The summed E-state index contributed by atoms with van der Waals surface area (Å²) in [5, 5.41) is 4.39. The number of hydrogen-bond acceptors (Lipinski definition) is 1. The fourth-order valence-corrected chi connectivity index (χ4v) is 8.82. The van der Waals surface area contributed by atoms with E-state index in [1.54, 1.807) is 16.7 Å². The Hall–Kier alpha value is -2.73. The summed E-state index contributed by atoms with van der Waals surface area (Å²) in [6.07, 6.45) is 4.73. The molecule has 0 aliphatic heterocycles. The van der Waals surface area contributed by atoms with Gasteiger partial charge in [-0.1, -0.05) is 97.1 Å². The summed E-state index contributed by atoms with van der Waals surface area (Å²) in [4.78, 5) is 0. The Labute approximate surface area is 192 Å². The highest BCUT2D eigenvalue weighted by atomic mass is 31.1. The summed E-state index contributed by atoms with van der Waals surface area (Å²) < 4.78 is 0. The molecule has 158 valence electrons. The Morgan fingerprint density at radius 1 is 0.625 bits per heavy atom. The second-order valence-corrected chi connectivity index (χ2v) is 11.2. The van der Waals surface area contributed by atoms with E-state index in [-0.39, 0.29) is 5.41 Å². The molecule has 1 spiro atoms. The third-order valence-electron chi connectivity index (χ3n) is 7.45. The molecule has 0 aromatic heterocycles. The van der Waals surface area contributed by atoms with E-state index in [4.69, 9.17) is 5.73 Å². The van der Waals surface area contributed by atoms with Crippen LogP contribution in [0.3, 0.4) is 0 Å². The zero-order valence-corrected chi connectivity index (χ0v) is 19.2. The maximum absolute atomic E-state index is 6.28. The Bertz CT molecular complexity index is 1220. The zero-order valence-electron chi connectivity index (χ0n) is 18.3. The molecule has 4 aromatic carbocycles. The van der Waals surface area contributed by atoms with Gasteiger partial charge in [0.15, 0.2) is 0 Å². The van der Waals surface area contributed by atoms with Crippen molar-refractivity contribution in [3.63, 3.8) is 0 Å².